The van der Waals surface area contributed by atoms with Crippen LogP contribution in [0.15, 0.2) is 34.2 Å². The van der Waals surface area contributed by atoms with E-state index in [-0.39, 0.29) is 40.9 Å². The minimum atomic E-state index is -1.21. The third-order valence-corrected chi connectivity index (χ3v) is 4.16. The first-order valence-electron chi connectivity index (χ1n) is 8.38. The molecule has 30 heavy (non-hydrogen) atoms. The molecule has 1 atom stereocenters. The number of hydrogen-bond acceptors (Lipinski definition) is 8. The van der Waals surface area contributed by atoms with Crippen LogP contribution in [0.5, 0.6) is 0 Å². The number of carbonyl (C=O) groups is 2. The molecule has 0 spiro atoms. The molecule has 0 aliphatic heterocycles. The molecular formula is C16H15N7O7. The summed E-state index contributed by atoms with van der Waals surface area (Å²) in [7, 11) is 0. The van der Waals surface area contributed by atoms with Crippen LogP contribution >= 0.6 is 0 Å². The number of aromatic amines is 2. The standard InChI is InChI=1S/C16H15N7O7/c17-10(15(26)27)2-8-5-22(6-19-8)16(28)18-4-7-1-9(23(29)30)3-11-12(7)21-14(25)13(24)20-11/h1,3,5-6,10H,2,4,17H2,(H,18,28)(H,20,24)(H,21,25)(H,26,27)/t10-/m1/s1. The van der Waals surface area contributed by atoms with E-state index in [0.29, 0.717) is 0 Å². The smallest absolute Gasteiger partial charge is 0.327 e. The third kappa shape index (κ3) is 4.22. The Hall–Kier alpha value is -4.33. The van der Waals surface area contributed by atoms with E-state index in [1.165, 1.54) is 6.20 Å². The number of nitrogens with zero attached hydrogens (tertiary/aromatic N) is 3. The van der Waals surface area contributed by atoms with Crippen LogP contribution in [0, 0.1) is 10.1 Å². The van der Waals surface area contributed by atoms with Gasteiger partial charge in [0.2, 0.25) is 0 Å². The van der Waals surface area contributed by atoms with Crippen molar-refractivity contribution in [2.24, 2.45) is 5.73 Å². The summed E-state index contributed by atoms with van der Waals surface area (Å²) in [5.41, 5.74) is 3.79. The summed E-state index contributed by atoms with van der Waals surface area (Å²) >= 11 is 0. The average Bonchev–Trinajstić information content (AvgIpc) is 3.15. The van der Waals surface area contributed by atoms with Gasteiger partial charge < -0.3 is 26.1 Å². The predicted molar refractivity (Wildman–Crippen MR) is 101 cm³/mol. The predicted octanol–water partition coefficient (Wildman–Crippen LogP) is -0.967. The van der Waals surface area contributed by atoms with Crippen LogP contribution in [0.3, 0.4) is 0 Å². The number of non-ortho nitro benzene ring substituents is 1. The minimum Gasteiger partial charge on any atom is -0.480 e. The lowest BCUT2D eigenvalue weighted by atomic mass is 10.1. The summed E-state index contributed by atoms with van der Waals surface area (Å²) in [4.78, 5) is 65.2. The Balaban J connectivity index is 1.84. The van der Waals surface area contributed by atoms with Crippen molar-refractivity contribution in [1.82, 2.24) is 24.8 Å². The highest BCUT2D eigenvalue weighted by Gasteiger charge is 2.17. The van der Waals surface area contributed by atoms with Crippen molar-refractivity contribution in [3.05, 3.63) is 66.7 Å². The summed E-state index contributed by atoms with van der Waals surface area (Å²) in [6.07, 6.45) is 2.37. The van der Waals surface area contributed by atoms with Crippen LogP contribution in [0.4, 0.5) is 10.5 Å². The maximum absolute atomic E-state index is 12.3. The van der Waals surface area contributed by atoms with E-state index in [1.807, 2.05) is 0 Å². The van der Waals surface area contributed by atoms with Gasteiger partial charge >= 0.3 is 23.1 Å². The van der Waals surface area contributed by atoms with Crippen molar-refractivity contribution in [2.45, 2.75) is 19.0 Å². The monoisotopic (exact) mass is 417 g/mol. The zero-order chi connectivity index (χ0) is 22.0. The first-order valence-corrected chi connectivity index (χ1v) is 8.38. The maximum Gasteiger partial charge on any atom is 0.327 e. The van der Waals surface area contributed by atoms with Gasteiger partial charge in [0.1, 0.15) is 12.4 Å². The lowest BCUT2D eigenvalue weighted by molar-refractivity contribution is -0.384. The van der Waals surface area contributed by atoms with Gasteiger partial charge in [-0.3, -0.25) is 29.1 Å². The summed E-state index contributed by atoms with van der Waals surface area (Å²) in [5.74, 6) is -1.21. The number of imidazole rings is 1. The molecule has 0 aliphatic carbocycles. The molecule has 1 aromatic carbocycles. The van der Waals surface area contributed by atoms with Gasteiger partial charge in [-0.1, -0.05) is 0 Å². The number of nitro groups is 1. The van der Waals surface area contributed by atoms with Gasteiger partial charge in [0, 0.05) is 36.9 Å². The van der Waals surface area contributed by atoms with Crippen LogP contribution in [-0.4, -0.2) is 47.6 Å². The number of hydrogen-bond donors (Lipinski definition) is 5. The number of nitro benzene ring substituents is 1. The number of rotatable bonds is 6. The molecule has 14 heteroatoms. The van der Waals surface area contributed by atoms with E-state index in [9.17, 15) is 29.3 Å². The molecular weight excluding hydrogens is 402 g/mol. The number of amides is 1. The minimum absolute atomic E-state index is 0.0330. The van der Waals surface area contributed by atoms with Gasteiger partial charge in [-0.2, -0.15) is 0 Å². The van der Waals surface area contributed by atoms with Gasteiger partial charge in [-0.05, 0) is 0 Å². The molecule has 0 fully saturated rings. The molecule has 0 radical (unpaired) electrons. The Labute approximate surface area is 165 Å². The van der Waals surface area contributed by atoms with Crippen LogP contribution < -0.4 is 22.2 Å². The Kier molecular flexibility index (Phi) is 5.41. The summed E-state index contributed by atoms with van der Waals surface area (Å²) in [6, 6.07) is 0.407. The molecule has 2 heterocycles. The second-order valence-electron chi connectivity index (χ2n) is 6.27. The maximum atomic E-state index is 12.3. The van der Waals surface area contributed by atoms with E-state index in [2.05, 4.69) is 20.3 Å². The number of nitrogens with two attached hydrogens (primary N) is 1. The fourth-order valence-electron chi connectivity index (χ4n) is 2.68. The van der Waals surface area contributed by atoms with Crippen molar-refractivity contribution in [2.75, 3.05) is 0 Å². The number of carboxylic acids is 1. The molecule has 1 amide bonds. The largest absolute Gasteiger partial charge is 0.480 e. The quantitative estimate of drug-likeness (QED) is 0.189. The van der Waals surface area contributed by atoms with Gasteiger partial charge in [0.25, 0.3) is 5.69 Å². The number of benzene rings is 1. The van der Waals surface area contributed by atoms with Crippen LogP contribution in [-0.2, 0) is 17.8 Å². The van der Waals surface area contributed by atoms with E-state index >= 15 is 0 Å². The number of aliphatic carboxylic acids is 1. The van der Waals surface area contributed by atoms with Gasteiger partial charge in [-0.25, -0.2) is 9.78 Å². The lowest BCUT2D eigenvalue weighted by Gasteiger charge is -2.08. The summed E-state index contributed by atoms with van der Waals surface area (Å²) in [6.45, 7) is -0.221. The molecule has 2 aromatic heterocycles. The number of H-pyrrole nitrogens is 2. The molecule has 0 bridgehead atoms. The summed E-state index contributed by atoms with van der Waals surface area (Å²) < 4.78 is 1.05. The van der Waals surface area contributed by atoms with Crippen LogP contribution in [0.1, 0.15) is 11.3 Å². The van der Waals surface area contributed by atoms with Gasteiger partial charge in [-0.15, -0.1) is 0 Å². The molecule has 0 saturated heterocycles. The number of fused-ring (bicyclic) bond motifs is 1. The normalized spacial score (nSPS) is 11.9. The van der Waals surface area contributed by atoms with Crippen LogP contribution in [0.2, 0.25) is 0 Å². The van der Waals surface area contributed by atoms with Crippen LogP contribution in [0.25, 0.3) is 11.0 Å². The number of carboxylic acid groups (broad SMARTS) is 1. The Morgan fingerprint density at radius 2 is 2.00 bits per heavy atom. The topological polar surface area (TPSA) is 219 Å². The lowest BCUT2D eigenvalue weighted by Crippen LogP contribution is -2.32. The second-order valence-corrected chi connectivity index (χ2v) is 6.27. The molecule has 156 valence electrons. The highest BCUT2D eigenvalue weighted by atomic mass is 16.6. The Bertz CT molecular complexity index is 1270. The zero-order valence-corrected chi connectivity index (χ0v) is 15.1. The van der Waals surface area contributed by atoms with E-state index in [4.69, 9.17) is 10.8 Å². The molecule has 3 rings (SSSR count). The van der Waals surface area contributed by atoms with E-state index in [1.54, 1.807) is 0 Å². The first-order chi connectivity index (χ1) is 14.2. The average molecular weight is 417 g/mol. The highest BCUT2D eigenvalue weighted by molar-refractivity contribution is 5.82. The van der Waals surface area contributed by atoms with Crippen molar-refractivity contribution >= 4 is 28.7 Å². The molecule has 0 aliphatic rings. The molecule has 0 unspecified atom stereocenters. The summed E-state index contributed by atoms with van der Waals surface area (Å²) in [5, 5.41) is 22.5. The van der Waals surface area contributed by atoms with Crippen molar-refractivity contribution in [3.8, 4) is 0 Å². The highest BCUT2D eigenvalue weighted by Crippen LogP contribution is 2.21. The second kappa shape index (κ2) is 7.96. The zero-order valence-electron chi connectivity index (χ0n) is 15.1. The molecule has 14 nitrogen and oxygen atoms in total. The Morgan fingerprint density at radius 1 is 1.30 bits per heavy atom. The van der Waals surface area contributed by atoms with E-state index in [0.717, 1.165) is 23.0 Å². The fraction of sp³-hybridized carbons (Fsp3) is 0.188. The Morgan fingerprint density at radius 3 is 2.67 bits per heavy atom. The number of nitrogens with one attached hydrogen (secondary N) is 3. The SMILES string of the molecule is N[C@H](Cc1cn(C(=O)NCc2cc([N+](=O)[O-])cc3[nH]c(=O)c(=O)[nH]c23)cn1)C(=O)O. The molecule has 6 N–H and O–H groups in total. The van der Waals surface area contributed by atoms with Gasteiger partial charge in [0.15, 0.2) is 0 Å². The first kappa shape index (κ1) is 20.4. The molecule has 0 saturated carbocycles. The van der Waals surface area contributed by atoms with Crippen molar-refractivity contribution in [1.29, 1.82) is 0 Å². The van der Waals surface area contributed by atoms with E-state index < -0.39 is 34.1 Å². The number of carbonyl (C=O) groups excluding carboxylic acids is 1. The van der Waals surface area contributed by atoms with Crippen molar-refractivity contribution in [3.63, 3.8) is 0 Å². The third-order valence-electron chi connectivity index (χ3n) is 4.16. The fourth-order valence-corrected chi connectivity index (χ4v) is 2.68. The number of aromatic nitrogens is 4. The van der Waals surface area contributed by atoms with Crippen molar-refractivity contribution < 1.29 is 19.6 Å². The molecule has 3 aromatic rings. The van der Waals surface area contributed by atoms with Gasteiger partial charge in [0.05, 0.1) is 21.7 Å².